The van der Waals surface area contributed by atoms with Crippen molar-refractivity contribution in [2.45, 2.75) is 64.2 Å². The zero-order valence-corrected chi connectivity index (χ0v) is 18.5. The number of hydrogen-bond acceptors (Lipinski definition) is 3. The quantitative estimate of drug-likeness (QED) is 0.305. The highest BCUT2D eigenvalue weighted by Gasteiger charge is 2.06. The van der Waals surface area contributed by atoms with Gasteiger partial charge in [-0.15, -0.1) is 12.6 Å². The highest BCUT2D eigenvalue weighted by atomic mass is 32.1. The molecule has 3 N–H and O–H groups in total. The van der Waals surface area contributed by atoms with Crippen LogP contribution in [0.25, 0.3) is 0 Å². The van der Waals surface area contributed by atoms with Crippen LogP contribution in [0.2, 0.25) is 0 Å². The van der Waals surface area contributed by atoms with Crippen LogP contribution in [0.4, 0.5) is 0 Å². The van der Waals surface area contributed by atoms with Crippen molar-refractivity contribution in [2.24, 2.45) is 5.73 Å². The summed E-state index contributed by atoms with van der Waals surface area (Å²) in [6.45, 7) is 7.82. The maximum atomic E-state index is 12.1. The first-order valence-electron chi connectivity index (χ1n) is 10.2. The second-order valence-corrected chi connectivity index (χ2v) is 7.83. The lowest BCUT2D eigenvalue weighted by molar-refractivity contribution is 0.0955. The highest BCUT2D eigenvalue weighted by Crippen LogP contribution is 2.14. The first-order valence-corrected chi connectivity index (χ1v) is 10.6. The van der Waals surface area contributed by atoms with Crippen LogP contribution in [-0.4, -0.2) is 19.0 Å². The van der Waals surface area contributed by atoms with E-state index < -0.39 is 0 Å². The van der Waals surface area contributed by atoms with Gasteiger partial charge in [-0.1, -0.05) is 47.1 Å². The van der Waals surface area contributed by atoms with Crippen LogP contribution in [0, 0.1) is 0 Å². The van der Waals surface area contributed by atoms with Crippen molar-refractivity contribution in [1.82, 2.24) is 5.32 Å². The summed E-state index contributed by atoms with van der Waals surface area (Å²) in [5.74, 6) is -0.0831. The molecule has 1 amide bonds. The third kappa shape index (κ3) is 10.5. The van der Waals surface area contributed by atoms with Crippen LogP contribution >= 0.6 is 12.6 Å². The smallest absolute Gasteiger partial charge is 0.252 e. The SMILES string of the molecule is CC(=CCCC(C)=CCNC(=O)c1ccccc1S)CCC=C(C)CCCN. The Morgan fingerprint density at radius 1 is 0.964 bits per heavy atom. The number of nitrogens with one attached hydrogen (secondary N) is 1. The van der Waals surface area contributed by atoms with E-state index >= 15 is 0 Å². The Balaban J connectivity index is 2.29. The van der Waals surface area contributed by atoms with Gasteiger partial charge in [0.05, 0.1) is 5.56 Å². The van der Waals surface area contributed by atoms with Crippen LogP contribution in [0.1, 0.15) is 69.7 Å². The molecule has 0 heterocycles. The average molecular weight is 401 g/mol. The molecule has 0 radical (unpaired) electrons. The number of hydrogen-bond donors (Lipinski definition) is 3. The number of carbonyl (C=O) groups is 1. The standard InChI is InChI=1S/C24H36N2OS/c1-19(9-6-11-20(2)13-8-17-25)10-7-12-21(3)16-18-26-24(27)22-14-4-5-15-23(22)28/h4-5,10-11,14-16,28H,6-9,12-13,17-18,25H2,1-3H3,(H,26,27). The van der Waals surface area contributed by atoms with Gasteiger partial charge < -0.3 is 11.1 Å². The van der Waals surface area contributed by atoms with Gasteiger partial charge in [-0.3, -0.25) is 4.79 Å². The van der Waals surface area contributed by atoms with E-state index in [4.69, 9.17) is 5.73 Å². The molecular weight excluding hydrogens is 364 g/mol. The Morgan fingerprint density at radius 2 is 1.54 bits per heavy atom. The van der Waals surface area contributed by atoms with Crippen molar-refractivity contribution in [2.75, 3.05) is 13.1 Å². The first kappa shape index (κ1) is 24.3. The third-order valence-corrected chi connectivity index (χ3v) is 5.09. The molecule has 0 spiro atoms. The van der Waals surface area contributed by atoms with Crippen LogP contribution in [0.5, 0.6) is 0 Å². The Morgan fingerprint density at radius 3 is 2.14 bits per heavy atom. The second kappa shape index (κ2) is 14.3. The number of benzene rings is 1. The van der Waals surface area contributed by atoms with Gasteiger partial charge in [0.15, 0.2) is 0 Å². The predicted molar refractivity (Wildman–Crippen MR) is 124 cm³/mol. The van der Waals surface area contributed by atoms with Crippen molar-refractivity contribution in [3.05, 3.63) is 64.8 Å². The van der Waals surface area contributed by atoms with E-state index in [-0.39, 0.29) is 5.91 Å². The molecule has 0 bridgehead atoms. The fraction of sp³-hybridized carbons (Fsp3) is 0.458. The van der Waals surface area contributed by atoms with Gasteiger partial charge in [-0.05, 0) is 78.0 Å². The summed E-state index contributed by atoms with van der Waals surface area (Å²) in [6, 6.07) is 7.33. The van der Waals surface area contributed by atoms with Crippen molar-refractivity contribution in [3.63, 3.8) is 0 Å². The van der Waals surface area contributed by atoms with Crippen molar-refractivity contribution < 1.29 is 4.79 Å². The van der Waals surface area contributed by atoms with Crippen LogP contribution in [0.3, 0.4) is 0 Å². The third-order valence-electron chi connectivity index (χ3n) is 4.70. The molecule has 3 nitrogen and oxygen atoms in total. The molecule has 0 unspecified atom stereocenters. The molecule has 0 fully saturated rings. The number of carbonyl (C=O) groups excluding carboxylic acids is 1. The van der Waals surface area contributed by atoms with Crippen molar-refractivity contribution in [3.8, 4) is 0 Å². The molecule has 1 aromatic carbocycles. The van der Waals surface area contributed by atoms with E-state index in [1.54, 1.807) is 6.07 Å². The van der Waals surface area contributed by atoms with E-state index in [1.807, 2.05) is 18.2 Å². The van der Waals surface area contributed by atoms with E-state index in [0.717, 1.165) is 45.1 Å². The lowest BCUT2D eigenvalue weighted by atomic mass is 10.0. The number of rotatable bonds is 12. The largest absolute Gasteiger partial charge is 0.349 e. The number of allylic oxidation sites excluding steroid dienone is 5. The minimum atomic E-state index is -0.0831. The summed E-state index contributed by atoms with van der Waals surface area (Å²) in [5, 5.41) is 2.93. The van der Waals surface area contributed by atoms with Crippen LogP contribution in [-0.2, 0) is 0 Å². The zero-order valence-electron chi connectivity index (χ0n) is 17.6. The molecule has 154 valence electrons. The summed E-state index contributed by atoms with van der Waals surface area (Å²) in [7, 11) is 0. The Kier molecular flexibility index (Phi) is 12.3. The number of amides is 1. The highest BCUT2D eigenvalue weighted by molar-refractivity contribution is 7.80. The van der Waals surface area contributed by atoms with E-state index in [2.05, 4.69) is 56.9 Å². The lowest BCUT2D eigenvalue weighted by Crippen LogP contribution is -2.23. The summed E-state index contributed by atoms with van der Waals surface area (Å²) < 4.78 is 0. The molecule has 0 atom stereocenters. The predicted octanol–water partition coefficient (Wildman–Crippen LogP) is 5.84. The summed E-state index contributed by atoms with van der Waals surface area (Å²) in [5.41, 5.74) is 10.3. The molecule has 0 aliphatic carbocycles. The van der Waals surface area contributed by atoms with Gasteiger partial charge in [-0.2, -0.15) is 0 Å². The molecular formula is C24H36N2OS. The average Bonchev–Trinajstić information content (AvgIpc) is 2.66. The van der Waals surface area contributed by atoms with E-state index in [0.29, 0.717) is 17.0 Å². The van der Waals surface area contributed by atoms with Gasteiger partial charge >= 0.3 is 0 Å². The maximum absolute atomic E-state index is 12.1. The Labute approximate surface area is 176 Å². The second-order valence-electron chi connectivity index (χ2n) is 7.35. The van der Waals surface area contributed by atoms with Crippen LogP contribution < -0.4 is 11.1 Å². The topological polar surface area (TPSA) is 55.1 Å². The van der Waals surface area contributed by atoms with Gasteiger partial charge in [0, 0.05) is 11.4 Å². The van der Waals surface area contributed by atoms with Gasteiger partial charge in [0.2, 0.25) is 0 Å². The normalized spacial score (nSPS) is 13.0. The molecule has 4 heteroatoms. The van der Waals surface area contributed by atoms with E-state index in [1.165, 1.54) is 16.7 Å². The van der Waals surface area contributed by atoms with E-state index in [9.17, 15) is 4.79 Å². The zero-order chi connectivity index (χ0) is 20.8. The van der Waals surface area contributed by atoms with Gasteiger partial charge in [0.25, 0.3) is 5.91 Å². The molecule has 0 saturated heterocycles. The number of thiol groups is 1. The summed E-state index contributed by atoms with van der Waals surface area (Å²) >= 11 is 4.32. The molecule has 1 rings (SSSR count). The van der Waals surface area contributed by atoms with Gasteiger partial charge in [-0.25, -0.2) is 0 Å². The minimum Gasteiger partial charge on any atom is -0.349 e. The van der Waals surface area contributed by atoms with Crippen molar-refractivity contribution >= 4 is 18.5 Å². The summed E-state index contributed by atoms with van der Waals surface area (Å²) in [6.07, 6.45) is 13.2. The monoisotopic (exact) mass is 400 g/mol. The minimum absolute atomic E-state index is 0.0831. The van der Waals surface area contributed by atoms with Gasteiger partial charge in [0.1, 0.15) is 0 Å². The Hall–Kier alpha value is -1.78. The number of nitrogens with two attached hydrogens (primary N) is 1. The van der Waals surface area contributed by atoms with Crippen molar-refractivity contribution in [1.29, 1.82) is 0 Å². The molecule has 0 aliphatic rings. The van der Waals surface area contributed by atoms with Crippen LogP contribution in [0.15, 0.2) is 64.1 Å². The lowest BCUT2D eigenvalue weighted by Gasteiger charge is -2.06. The molecule has 1 aromatic rings. The molecule has 0 saturated carbocycles. The molecule has 28 heavy (non-hydrogen) atoms. The Bertz CT molecular complexity index is 704. The molecule has 0 aromatic heterocycles. The first-order chi connectivity index (χ1) is 13.4. The fourth-order valence-corrected chi connectivity index (χ4v) is 3.12. The molecule has 0 aliphatic heterocycles. The maximum Gasteiger partial charge on any atom is 0.252 e. The summed E-state index contributed by atoms with van der Waals surface area (Å²) in [4.78, 5) is 12.8. The fourth-order valence-electron chi connectivity index (χ4n) is 2.86.